The van der Waals surface area contributed by atoms with Gasteiger partial charge < -0.3 is 19.3 Å². The molecule has 1 aromatic heterocycles. The van der Waals surface area contributed by atoms with E-state index in [-0.39, 0.29) is 25.9 Å². The third-order valence-electron chi connectivity index (χ3n) is 6.79. The van der Waals surface area contributed by atoms with Gasteiger partial charge in [0.05, 0.1) is 5.76 Å². The van der Waals surface area contributed by atoms with E-state index in [9.17, 15) is 9.90 Å². The zero-order chi connectivity index (χ0) is 23.7. The molecule has 1 fully saturated rings. The Morgan fingerprint density at radius 1 is 1.11 bits per heavy atom. The summed E-state index contributed by atoms with van der Waals surface area (Å²) in [6, 6.07) is 15.5. The van der Waals surface area contributed by atoms with Crippen molar-refractivity contribution in [3.8, 4) is 0 Å². The predicted molar refractivity (Wildman–Crippen MR) is 136 cm³/mol. The summed E-state index contributed by atoms with van der Waals surface area (Å²) >= 11 is 0. The second-order valence-corrected chi connectivity index (χ2v) is 9.84. The number of aliphatic hydroxyl groups is 1. The largest absolute Gasteiger partial charge is 0.514 e. The molecule has 0 spiro atoms. The van der Waals surface area contributed by atoms with E-state index in [1.54, 1.807) is 0 Å². The second-order valence-electron chi connectivity index (χ2n) is 9.84. The number of para-hydroxylation sites is 1. The van der Waals surface area contributed by atoms with Crippen LogP contribution in [0.1, 0.15) is 52.4 Å². The summed E-state index contributed by atoms with van der Waals surface area (Å²) in [7, 11) is 0. The average molecular weight is 649 g/mol. The Labute approximate surface area is 220 Å². The number of aliphatic hydroxyl groups excluding tert-OH is 1. The Balaban J connectivity index is 0.000000189. The molecule has 1 N–H and O–H groups in total. The first-order valence-corrected chi connectivity index (χ1v) is 12.4. The number of carbonyl (C=O) groups excluding carboxylic acids is 1. The first-order valence-electron chi connectivity index (χ1n) is 12.4. The molecule has 187 valence electrons. The maximum Gasteiger partial charge on any atom is 0.162 e. The van der Waals surface area contributed by atoms with Crippen LogP contribution in [-0.4, -0.2) is 22.3 Å². The van der Waals surface area contributed by atoms with Gasteiger partial charge in [-0.25, -0.2) is 0 Å². The van der Waals surface area contributed by atoms with Crippen molar-refractivity contribution in [2.45, 2.75) is 52.4 Å². The van der Waals surface area contributed by atoms with E-state index in [4.69, 9.17) is 4.42 Å². The molecule has 1 unspecified atom stereocenters. The molecule has 1 atom stereocenters. The molecule has 0 saturated heterocycles. The van der Waals surface area contributed by atoms with E-state index in [0.717, 1.165) is 71.8 Å². The molecular formula is C29H32IrN2O3-2. The Hall–Kier alpha value is -2.56. The summed E-state index contributed by atoms with van der Waals surface area (Å²) in [5.41, 5.74) is 3.53. The first kappa shape index (κ1) is 25.5. The van der Waals surface area contributed by atoms with Crippen LogP contribution in [-0.2, 0) is 24.9 Å². The molecule has 0 amide bonds. The van der Waals surface area contributed by atoms with Crippen molar-refractivity contribution in [3.05, 3.63) is 72.9 Å². The van der Waals surface area contributed by atoms with E-state index in [2.05, 4.69) is 60.9 Å². The number of fused-ring (bicyclic) bond motifs is 4. The number of rotatable bonds is 3. The van der Waals surface area contributed by atoms with Crippen molar-refractivity contribution < 1.29 is 34.4 Å². The van der Waals surface area contributed by atoms with E-state index in [0.29, 0.717) is 24.0 Å². The number of ketones is 1. The molecule has 2 aromatic carbocycles. The molecule has 35 heavy (non-hydrogen) atoms. The molecule has 3 aromatic rings. The maximum absolute atomic E-state index is 11.4. The normalized spacial score (nSPS) is 19.7. The summed E-state index contributed by atoms with van der Waals surface area (Å²) in [5.74, 6) is 1.59. The van der Waals surface area contributed by atoms with Gasteiger partial charge in [-0.1, -0.05) is 43.1 Å². The van der Waals surface area contributed by atoms with Crippen molar-refractivity contribution in [1.29, 1.82) is 0 Å². The quantitative estimate of drug-likeness (QED) is 0.307. The van der Waals surface area contributed by atoms with Gasteiger partial charge in [-0.3, -0.25) is 4.79 Å². The number of hydrogen-bond donors (Lipinski definition) is 1. The van der Waals surface area contributed by atoms with Crippen LogP contribution in [0.25, 0.3) is 21.9 Å². The summed E-state index contributed by atoms with van der Waals surface area (Å²) in [5, 5.41) is 11.8. The van der Waals surface area contributed by atoms with Gasteiger partial charge in [-0.2, -0.15) is 24.9 Å². The van der Waals surface area contributed by atoms with Gasteiger partial charge in [-0.15, -0.1) is 0 Å². The topological polar surface area (TPSA) is 56.9 Å². The molecule has 6 heteroatoms. The zero-order valence-electron chi connectivity index (χ0n) is 20.3. The number of nitrogens with zero attached hydrogens (tertiary/aromatic N) is 2. The van der Waals surface area contributed by atoms with Crippen LogP contribution >= 0.6 is 0 Å². The van der Waals surface area contributed by atoms with Crippen molar-refractivity contribution in [2.75, 3.05) is 11.4 Å². The van der Waals surface area contributed by atoms with Crippen LogP contribution in [0.3, 0.4) is 0 Å². The molecule has 1 aliphatic heterocycles. The molecule has 1 radical (unpaired) electrons. The van der Waals surface area contributed by atoms with Gasteiger partial charge in [0.25, 0.3) is 0 Å². The molecule has 3 aliphatic rings. The van der Waals surface area contributed by atoms with Crippen molar-refractivity contribution >= 4 is 33.4 Å². The Morgan fingerprint density at radius 2 is 1.89 bits per heavy atom. The molecule has 2 aliphatic carbocycles. The van der Waals surface area contributed by atoms with Crippen molar-refractivity contribution in [3.63, 3.8) is 0 Å². The Kier molecular flexibility index (Phi) is 8.03. The van der Waals surface area contributed by atoms with Gasteiger partial charge in [0, 0.05) is 49.5 Å². The van der Waals surface area contributed by atoms with Gasteiger partial charge in [0.2, 0.25) is 0 Å². The van der Waals surface area contributed by atoms with E-state index in [1.807, 2.05) is 24.3 Å². The minimum atomic E-state index is 0. The number of anilines is 1. The first-order chi connectivity index (χ1) is 16.5. The fourth-order valence-electron chi connectivity index (χ4n) is 5.28. The fourth-order valence-corrected chi connectivity index (χ4v) is 5.28. The monoisotopic (exact) mass is 649 g/mol. The van der Waals surface area contributed by atoms with Gasteiger partial charge in [-0.05, 0) is 62.5 Å². The van der Waals surface area contributed by atoms with E-state index in [1.165, 1.54) is 0 Å². The summed E-state index contributed by atoms with van der Waals surface area (Å²) in [6.07, 6.45) is 9.79. The van der Waals surface area contributed by atoms with Crippen molar-refractivity contribution in [2.24, 2.45) is 11.8 Å². The number of furan rings is 1. The van der Waals surface area contributed by atoms with Crippen LogP contribution in [0, 0.1) is 24.6 Å². The Bertz CT molecular complexity index is 1260. The third-order valence-corrected chi connectivity index (χ3v) is 6.79. The SMILES string of the molecule is CC(C)CN1C=CN(c2[c-]ccc3c2oc2ccccc23)[CH-]1.O=C1CCCC2CCCC(O)=C12.[Ir]. The smallest absolute Gasteiger partial charge is 0.162 e. The molecule has 6 rings (SSSR count). The number of carbonyl (C=O) groups is 1. The molecule has 0 bridgehead atoms. The molecular weight excluding hydrogens is 617 g/mol. The fraction of sp³-hybridized carbons (Fsp3) is 0.379. The average Bonchev–Trinajstić information content (AvgIpc) is 3.44. The van der Waals surface area contributed by atoms with Crippen LogP contribution in [0.5, 0.6) is 0 Å². The van der Waals surface area contributed by atoms with Gasteiger partial charge in [0.1, 0.15) is 5.58 Å². The molecule has 5 nitrogen and oxygen atoms in total. The number of hydrogen-bond acceptors (Lipinski definition) is 5. The number of allylic oxidation sites excluding steroid dienone is 2. The molecule has 2 heterocycles. The van der Waals surface area contributed by atoms with Crippen molar-refractivity contribution in [1.82, 2.24) is 4.90 Å². The van der Waals surface area contributed by atoms with Gasteiger partial charge in [0.15, 0.2) is 5.78 Å². The maximum atomic E-state index is 11.4. The second kappa shape index (κ2) is 11.0. The Morgan fingerprint density at radius 3 is 2.66 bits per heavy atom. The van der Waals surface area contributed by atoms with E-state index < -0.39 is 0 Å². The minimum absolute atomic E-state index is 0. The van der Waals surface area contributed by atoms with Crippen LogP contribution < -0.4 is 4.90 Å². The summed E-state index contributed by atoms with van der Waals surface area (Å²) in [4.78, 5) is 15.7. The van der Waals surface area contributed by atoms with E-state index >= 15 is 0 Å². The number of benzene rings is 2. The molecule has 1 saturated carbocycles. The van der Waals surface area contributed by atoms with Crippen LogP contribution in [0.2, 0.25) is 0 Å². The number of Topliss-reactive ketones (excluding diaryl/α,β-unsaturated/α-hetero) is 1. The third kappa shape index (κ3) is 5.34. The zero-order valence-corrected chi connectivity index (χ0v) is 22.7. The van der Waals surface area contributed by atoms with Crippen LogP contribution in [0.4, 0.5) is 5.69 Å². The van der Waals surface area contributed by atoms with Gasteiger partial charge >= 0.3 is 0 Å². The van der Waals surface area contributed by atoms with Crippen LogP contribution in [0.15, 0.2) is 64.5 Å². The standard InChI is InChI=1S/C19H18N2O.C10H14O2.Ir/c1-14(2)12-20-10-11-21(13-20)17-8-5-7-16-15-6-3-4-9-18(15)22-19(16)17;11-8-5-1-3-7-4-2-6-9(12)10(7)8;/h3-7,9-11,13-14H,12H2,1-2H3;7,11H,1-6H2;/q-2;;. The minimum Gasteiger partial charge on any atom is -0.514 e. The predicted octanol–water partition coefficient (Wildman–Crippen LogP) is 7.10. The summed E-state index contributed by atoms with van der Waals surface area (Å²) in [6.45, 7) is 7.54. The summed E-state index contributed by atoms with van der Waals surface area (Å²) < 4.78 is 6.07.